The fourth-order valence-electron chi connectivity index (χ4n) is 2.21. The molecule has 0 spiro atoms. The number of benzene rings is 1. The molecule has 0 fully saturated rings. The van der Waals surface area contributed by atoms with E-state index in [2.05, 4.69) is 15.6 Å². The van der Waals surface area contributed by atoms with Crippen molar-refractivity contribution in [2.75, 3.05) is 12.1 Å². The van der Waals surface area contributed by atoms with Gasteiger partial charge in [-0.3, -0.25) is 9.59 Å². The van der Waals surface area contributed by atoms with E-state index < -0.39 is 5.41 Å². The molecule has 2 aromatic rings. The Kier molecular flexibility index (Phi) is 5.13. The fourth-order valence-corrected chi connectivity index (χ4v) is 2.91. The summed E-state index contributed by atoms with van der Waals surface area (Å²) in [7, 11) is 0. The summed E-state index contributed by atoms with van der Waals surface area (Å²) in [5, 5.41) is 7.90. The smallest absolute Gasteiger partial charge is 0.231 e. The van der Waals surface area contributed by atoms with Gasteiger partial charge < -0.3 is 20.1 Å². The lowest BCUT2D eigenvalue weighted by molar-refractivity contribution is -0.123. The Morgan fingerprint density at radius 3 is 2.77 bits per heavy atom. The van der Waals surface area contributed by atoms with Crippen molar-refractivity contribution in [2.24, 2.45) is 5.41 Å². The summed E-state index contributed by atoms with van der Waals surface area (Å²) in [5.74, 6) is 1.16. The summed E-state index contributed by atoms with van der Waals surface area (Å²) in [6.45, 7) is 6.12. The second-order valence-electron chi connectivity index (χ2n) is 6.99. The van der Waals surface area contributed by atoms with E-state index in [1.807, 2.05) is 39.0 Å². The van der Waals surface area contributed by atoms with Crippen LogP contribution in [-0.4, -0.2) is 23.6 Å². The van der Waals surface area contributed by atoms with Crippen molar-refractivity contribution in [1.82, 2.24) is 10.3 Å². The van der Waals surface area contributed by atoms with Gasteiger partial charge in [0.15, 0.2) is 16.6 Å². The molecule has 0 unspecified atom stereocenters. The van der Waals surface area contributed by atoms with Gasteiger partial charge in [-0.15, -0.1) is 11.3 Å². The molecule has 2 amide bonds. The average Bonchev–Trinajstić information content (AvgIpc) is 3.20. The van der Waals surface area contributed by atoms with Gasteiger partial charge in [0.25, 0.3) is 0 Å². The second kappa shape index (κ2) is 7.33. The number of fused-ring (bicyclic) bond motifs is 1. The Labute approximate surface area is 155 Å². The Bertz CT molecular complexity index is 826. The van der Waals surface area contributed by atoms with Gasteiger partial charge in [0.2, 0.25) is 18.6 Å². The zero-order valence-electron chi connectivity index (χ0n) is 14.9. The number of carbonyl (C=O) groups excluding carboxylic acids is 2. The Balaban J connectivity index is 1.50. The minimum Gasteiger partial charge on any atom is -0.454 e. The molecule has 0 aliphatic carbocycles. The predicted octanol–water partition coefficient (Wildman–Crippen LogP) is 2.72. The third-order valence-electron chi connectivity index (χ3n) is 3.72. The summed E-state index contributed by atoms with van der Waals surface area (Å²) in [4.78, 5) is 28.4. The minimum absolute atomic E-state index is 0.106. The van der Waals surface area contributed by atoms with Gasteiger partial charge in [0, 0.05) is 17.3 Å². The number of aromatic nitrogens is 1. The highest BCUT2D eigenvalue weighted by molar-refractivity contribution is 7.13. The average molecular weight is 375 g/mol. The van der Waals surface area contributed by atoms with E-state index in [0.29, 0.717) is 28.9 Å². The molecular formula is C18H21N3O4S. The summed E-state index contributed by atoms with van der Waals surface area (Å²) in [6, 6.07) is 5.57. The quantitative estimate of drug-likeness (QED) is 0.839. The number of rotatable bonds is 5. The number of amides is 2. The third kappa shape index (κ3) is 4.51. The van der Waals surface area contributed by atoms with Crippen LogP contribution in [0, 0.1) is 5.41 Å². The van der Waals surface area contributed by atoms with Gasteiger partial charge in [-0.25, -0.2) is 4.98 Å². The molecule has 1 aromatic heterocycles. The van der Waals surface area contributed by atoms with Crippen LogP contribution < -0.4 is 20.1 Å². The molecule has 2 heterocycles. The van der Waals surface area contributed by atoms with E-state index in [1.54, 1.807) is 5.38 Å². The molecule has 0 saturated carbocycles. The SMILES string of the molecule is CC(C)(C)C(=O)Nc1nc(CC(=O)NCc2ccc3c(c2)OCO3)cs1. The highest BCUT2D eigenvalue weighted by atomic mass is 32.1. The van der Waals surface area contributed by atoms with Crippen LogP contribution >= 0.6 is 11.3 Å². The number of nitrogens with zero attached hydrogens (tertiary/aromatic N) is 1. The van der Waals surface area contributed by atoms with Crippen LogP contribution in [0.4, 0.5) is 5.13 Å². The molecule has 138 valence electrons. The largest absolute Gasteiger partial charge is 0.454 e. The summed E-state index contributed by atoms with van der Waals surface area (Å²) >= 11 is 1.31. The van der Waals surface area contributed by atoms with Gasteiger partial charge in [0.05, 0.1) is 12.1 Å². The lowest BCUT2D eigenvalue weighted by Crippen LogP contribution is -2.27. The highest BCUT2D eigenvalue weighted by Crippen LogP contribution is 2.32. The van der Waals surface area contributed by atoms with Crippen molar-refractivity contribution in [3.8, 4) is 11.5 Å². The van der Waals surface area contributed by atoms with Crippen LogP contribution in [0.15, 0.2) is 23.6 Å². The number of carbonyl (C=O) groups is 2. The van der Waals surface area contributed by atoms with Gasteiger partial charge in [0.1, 0.15) is 0 Å². The van der Waals surface area contributed by atoms with E-state index in [4.69, 9.17) is 9.47 Å². The predicted molar refractivity (Wildman–Crippen MR) is 98.3 cm³/mol. The standard InChI is InChI=1S/C18H21N3O4S/c1-18(2,3)16(23)21-17-20-12(9-26-17)7-15(22)19-8-11-4-5-13-14(6-11)25-10-24-13/h4-6,9H,7-8,10H2,1-3H3,(H,19,22)(H,20,21,23). The molecule has 0 bridgehead atoms. The van der Waals surface area contributed by atoms with E-state index >= 15 is 0 Å². The number of anilines is 1. The maximum atomic E-state index is 12.1. The first kappa shape index (κ1) is 18.2. The molecule has 2 N–H and O–H groups in total. The maximum absolute atomic E-state index is 12.1. The van der Waals surface area contributed by atoms with Gasteiger partial charge >= 0.3 is 0 Å². The summed E-state index contributed by atoms with van der Waals surface area (Å²) < 4.78 is 10.6. The van der Waals surface area contributed by atoms with Crippen LogP contribution in [0.3, 0.4) is 0 Å². The molecule has 3 rings (SSSR count). The third-order valence-corrected chi connectivity index (χ3v) is 4.53. The molecule has 7 nitrogen and oxygen atoms in total. The first-order valence-corrected chi connectivity index (χ1v) is 9.10. The van der Waals surface area contributed by atoms with Crippen LogP contribution in [0.2, 0.25) is 0 Å². The zero-order valence-corrected chi connectivity index (χ0v) is 15.7. The summed E-state index contributed by atoms with van der Waals surface area (Å²) in [6.07, 6.45) is 0.159. The number of thiazole rings is 1. The van der Waals surface area contributed by atoms with E-state index in [0.717, 1.165) is 5.56 Å². The van der Waals surface area contributed by atoms with Crippen LogP contribution in [0.5, 0.6) is 11.5 Å². The van der Waals surface area contributed by atoms with E-state index in [-0.39, 0.29) is 25.0 Å². The second-order valence-corrected chi connectivity index (χ2v) is 7.85. The molecular weight excluding hydrogens is 354 g/mol. The Morgan fingerprint density at radius 1 is 1.23 bits per heavy atom. The van der Waals surface area contributed by atoms with Crippen molar-refractivity contribution >= 4 is 28.3 Å². The van der Waals surface area contributed by atoms with Crippen LogP contribution in [-0.2, 0) is 22.6 Å². The van der Waals surface area contributed by atoms with Crippen LogP contribution in [0.25, 0.3) is 0 Å². The van der Waals surface area contributed by atoms with Crippen molar-refractivity contribution in [1.29, 1.82) is 0 Å². The van der Waals surface area contributed by atoms with Gasteiger partial charge in [-0.2, -0.15) is 0 Å². The van der Waals surface area contributed by atoms with Crippen molar-refractivity contribution in [2.45, 2.75) is 33.7 Å². The molecule has 0 atom stereocenters. The molecule has 8 heteroatoms. The normalized spacial score (nSPS) is 12.7. The van der Waals surface area contributed by atoms with Crippen molar-refractivity contribution in [3.05, 3.63) is 34.8 Å². The summed E-state index contributed by atoms with van der Waals surface area (Å²) in [5.41, 5.74) is 1.06. The molecule has 1 aliphatic heterocycles. The topological polar surface area (TPSA) is 89.6 Å². The van der Waals surface area contributed by atoms with E-state index in [9.17, 15) is 9.59 Å². The molecule has 1 aromatic carbocycles. The van der Waals surface area contributed by atoms with Gasteiger partial charge in [-0.1, -0.05) is 26.8 Å². The number of ether oxygens (including phenoxy) is 2. The highest BCUT2D eigenvalue weighted by Gasteiger charge is 2.22. The number of hydrogen-bond donors (Lipinski definition) is 2. The first-order chi connectivity index (χ1) is 12.3. The lowest BCUT2D eigenvalue weighted by Gasteiger charge is -2.15. The minimum atomic E-state index is -0.492. The van der Waals surface area contributed by atoms with Crippen LogP contribution in [0.1, 0.15) is 32.0 Å². The first-order valence-electron chi connectivity index (χ1n) is 8.22. The molecule has 0 radical (unpaired) electrons. The fraction of sp³-hybridized carbons (Fsp3) is 0.389. The lowest BCUT2D eigenvalue weighted by atomic mass is 9.96. The number of nitrogens with one attached hydrogen (secondary N) is 2. The maximum Gasteiger partial charge on any atom is 0.231 e. The molecule has 0 saturated heterocycles. The monoisotopic (exact) mass is 375 g/mol. The Morgan fingerprint density at radius 2 is 2.00 bits per heavy atom. The molecule has 1 aliphatic rings. The van der Waals surface area contributed by atoms with Crippen molar-refractivity contribution in [3.63, 3.8) is 0 Å². The van der Waals surface area contributed by atoms with Gasteiger partial charge in [-0.05, 0) is 17.7 Å². The Hall–Kier alpha value is -2.61. The number of hydrogen-bond acceptors (Lipinski definition) is 6. The zero-order chi connectivity index (χ0) is 18.7. The molecule has 26 heavy (non-hydrogen) atoms. The van der Waals surface area contributed by atoms with E-state index in [1.165, 1.54) is 11.3 Å². The van der Waals surface area contributed by atoms with Crippen molar-refractivity contribution < 1.29 is 19.1 Å².